The normalized spacial score (nSPS) is 16.2. The predicted molar refractivity (Wildman–Crippen MR) is 112 cm³/mol. The lowest BCUT2D eigenvalue weighted by molar-refractivity contribution is 0.0617. The number of hydrogen-bond donors (Lipinski definition) is 2. The van der Waals surface area contributed by atoms with E-state index in [0.29, 0.717) is 13.2 Å². The highest BCUT2D eigenvalue weighted by Crippen LogP contribution is 2.13. The minimum Gasteiger partial charge on any atom is -0.491 e. The summed E-state index contributed by atoms with van der Waals surface area (Å²) in [6.45, 7) is 8.10. The van der Waals surface area contributed by atoms with Gasteiger partial charge in [-0.3, -0.25) is 0 Å². The number of ether oxygens (including phenoxy) is 1. The van der Waals surface area contributed by atoms with Crippen molar-refractivity contribution in [2.75, 3.05) is 32.8 Å². The Morgan fingerprint density at radius 3 is 2.68 bits per heavy atom. The molecule has 1 fully saturated rings. The van der Waals surface area contributed by atoms with Gasteiger partial charge < -0.3 is 24.6 Å². The maximum absolute atomic E-state index is 10.2. The molecule has 1 atom stereocenters. The van der Waals surface area contributed by atoms with Crippen LogP contribution in [0.2, 0.25) is 0 Å². The van der Waals surface area contributed by atoms with Gasteiger partial charge in [-0.15, -0.1) is 0 Å². The molecule has 6 nitrogen and oxygen atoms in total. The Morgan fingerprint density at radius 1 is 1.18 bits per heavy atom. The molecule has 1 aromatic heterocycles. The van der Waals surface area contributed by atoms with Crippen molar-refractivity contribution in [3.63, 3.8) is 0 Å². The molecular formula is C22H34N4O2. The number of aromatic nitrogens is 2. The molecule has 1 aromatic carbocycles. The van der Waals surface area contributed by atoms with Gasteiger partial charge in [-0.25, -0.2) is 4.98 Å². The molecule has 6 heteroatoms. The molecule has 1 aliphatic rings. The minimum absolute atomic E-state index is 0.349. The molecule has 3 rings (SSSR count). The Morgan fingerprint density at radius 2 is 1.96 bits per heavy atom. The molecule has 2 N–H and O–H groups in total. The number of nitrogens with zero attached hydrogens (tertiary/aromatic N) is 3. The van der Waals surface area contributed by atoms with E-state index in [0.717, 1.165) is 50.7 Å². The number of β-amino-alcohol motifs (C(OH)–C–C–N with tert-alkyl or cyclic N) is 1. The topological polar surface area (TPSA) is 62.6 Å². The van der Waals surface area contributed by atoms with E-state index >= 15 is 0 Å². The maximum Gasteiger partial charge on any atom is 0.119 e. The van der Waals surface area contributed by atoms with Gasteiger partial charge in [-0.05, 0) is 63.5 Å². The van der Waals surface area contributed by atoms with Crippen LogP contribution < -0.4 is 10.1 Å². The fraction of sp³-hybridized carbons (Fsp3) is 0.591. The van der Waals surface area contributed by atoms with Crippen molar-refractivity contribution in [1.82, 2.24) is 19.8 Å². The second kappa shape index (κ2) is 11.2. The number of hydrogen-bond acceptors (Lipinski definition) is 5. The molecule has 0 unspecified atom stereocenters. The first kappa shape index (κ1) is 20.8. The fourth-order valence-electron chi connectivity index (χ4n) is 3.64. The van der Waals surface area contributed by atoms with Crippen molar-refractivity contribution in [1.29, 1.82) is 0 Å². The third-order valence-electron chi connectivity index (χ3n) is 5.29. The lowest BCUT2D eigenvalue weighted by Crippen LogP contribution is -2.38. The highest BCUT2D eigenvalue weighted by atomic mass is 16.5. The average Bonchev–Trinajstić information content (AvgIpc) is 3.12. The van der Waals surface area contributed by atoms with E-state index in [4.69, 9.17) is 4.74 Å². The molecule has 2 aromatic rings. The number of aryl methyl sites for hydroxylation is 2. The van der Waals surface area contributed by atoms with Gasteiger partial charge in [0.05, 0.1) is 0 Å². The first-order valence-electron chi connectivity index (χ1n) is 10.5. The number of nitrogens with one attached hydrogen (secondary N) is 1. The predicted octanol–water partition coefficient (Wildman–Crippen LogP) is 2.60. The number of piperidine rings is 1. The van der Waals surface area contributed by atoms with Crippen LogP contribution >= 0.6 is 0 Å². The summed E-state index contributed by atoms with van der Waals surface area (Å²) >= 11 is 0. The monoisotopic (exact) mass is 386 g/mol. The van der Waals surface area contributed by atoms with Crippen LogP contribution in [0.5, 0.6) is 5.75 Å². The third-order valence-corrected chi connectivity index (χ3v) is 5.29. The van der Waals surface area contributed by atoms with Crippen LogP contribution in [0.4, 0.5) is 0 Å². The van der Waals surface area contributed by atoms with Crippen molar-refractivity contribution >= 4 is 0 Å². The highest BCUT2D eigenvalue weighted by molar-refractivity contribution is 5.27. The van der Waals surface area contributed by atoms with Crippen LogP contribution in [0, 0.1) is 6.92 Å². The molecular weight excluding hydrogens is 352 g/mol. The van der Waals surface area contributed by atoms with Crippen molar-refractivity contribution in [2.45, 2.75) is 51.8 Å². The van der Waals surface area contributed by atoms with Gasteiger partial charge in [0.1, 0.15) is 24.3 Å². The van der Waals surface area contributed by atoms with Gasteiger partial charge in [0.25, 0.3) is 0 Å². The Bertz CT molecular complexity index is 680. The Hall–Kier alpha value is -1.89. The smallest absolute Gasteiger partial charge is 0.119 e. The van der Waals surface area contributed by atoms with E-state index in [1.807, 2.05) is 31.5 Å². The zero-order valence-corrected chi connectivity index (χ0v) is 17.0. The second-order valence-corrected chi connectivity index (χ2v) is 7.67. The van der Waals surface area contributed by atoms with Crippen LogP contribution in [0.1, 0.15) is 37.1 Å². The SMILES string of the molecule is Cc1nccn1CCCNCc1ccc(OC[C@H](O)CN2CCCCC2)cc1. The summed E-state index contributed by atoms with van der Waals surface area (Å²) < 4.78 is 7.93. The summed E-state index contributed by atoms with van der Waals surface area (Å²) in [4.78, 5) is 6.57. The van der Waals surface area contributed by atoms with E-state index < -0.39 is 6.10 Å². The van der Waals surface area contributed by atoms with E-state index in [2.05, 4.69) is 31.9 Å². The molecule has 0 saturated carbocycles. The average molecular weight is 387 g/mol. The van der Waals surface area contributed by atoms with Gasteiger partial charge >= 0.3 is 0 Å². The van der Waals surface area contributed by atoms with Crippen molar-refractivity contribution in [2.24, 2.45) is 0 Å². The lowest BCUT2D eigenvalue weighted by atomic mass is 10.1. The summed E-state index contributed by atoms with van der Waals surface area (Å²) in [6.07, 6.45) is 8.32. The minimum atomic E-state index is -0.432. The highest BCUT2D eigenvalue weighted by Gasteiger charge is 2.15. The number of benzene rings is 1. The molecule has 28 heavy (non-hydrogen) atoms. The number of imidazole rings is 1. The van der Waals surface area contributed by atoms with E-state index in [1.54, 1.807) is 0 Å². The van der Waals surface area contributed by atoms with Crippen LogP contribution in [-0.4, -0.2) is 58.4 Å². The summed E-state index contributed by atoms with van der Waals surface area (Å²) in [5.41, 5.74) is 1.24. The molecule has 0 bridgehead atoms. The molecule has 0 amide bonds. The lowest BCUT2D eigenvalue weighted by Gasteiger charge is -2.28. The summed E-state index contributed by atoms with van der Waals surface area (Å²) in [7, 11) is 0. The first-order chi connectivity index (χ1) is 13.7. The van der Waals surface area contributed by atoms with Gasteiger partial charge in [-0.2, -0.15) is 0 Å². The van der Waals surface area contributed by atoms with Crippen LogP contribution in [0.25, 0.3) is 0 Å². The third kappa shape index (κ3) is 6.93. The van der Waals surface area contributed by atoms with Crippen molar-refractivity contribution in [3.8, 4) is 5.75 Å². The first-order valence-corrected chi connectivity index (χ1v) is 10.5. The molecule has 154 valence electrons. The number of aliphatic hydroxyl groups is 1. The van der Waals surface area contributed by atoms with Gasteiger partial charge in [0.2, 0.25) is 0 Å². The summed E-state index contributed by atoms with van der Waals surface area (Å²) in [6, 6.07) is 8.14. The van der Waals surface area contributed by atoms with Gasteiger partial charge in [0, 0.05) is 32.0 Å². The van der Waals surface area contributed by atoms with Crippen LogP contribution in [0.3, 0.4) is 0 Å². The van der Waals surface area contributed by atoms with Crippen LogP contribution in [0.15, 0.2) is 36.7 Å². The zero-order chi connectivity index (χ0) is 19.6. The fourth-order valence-corrected chi connectivity index (χ4v) is 3.64. The van der Waals surface area contributed by atoms with E-state index in [1.165, 1.54) is 24.8 Å². The Kier molecular flexibility index (Phi) is 8.33. The molecule has 2 heterocycles. The zero-order valence-electron chi connectivity index (χ0n) is 17.0. The molecule has 1 saturated heterocycles. The number of likely N-dealkylation sites (tertiary alicyclic amines) is 1. The largest absolute Gasteiger partial charge is 0.491 e. The standard InChI is InChI=1S/C22H34N4O2/c1-19-24-11-15-26(19)14-5-10-23-16-20-6-8-22(9-7-20)28-18-21(27)17-25-12-3-2-4-13-25/h6-9,11,15,21,23,27H,2-5,10,12-14,16-18H2,1H3/t21-/m1/s1. The van der Waals surface area contributed by atoms with Gasteiger partial charge in [0.15, 0.2) is 0 Å². The molecule has 0 aliphatic carbocycles. The van der Waals surface area contributed by atoms with Crippen molar-refractivity contribution in [3.05, 3.63) is 48.0 Å². The number of aliphatic hydroxyl groups excluding tert-OH is 1. The van der Waals surface area contributed by atoms with E-state index in [-0.39, 0.29) is 0 Å². The quantitative estimate of drug-likeness (QED) is 0.581. The number of rotatable bonds is 11. The molecule has 1 aliphatic heterocycles. The van der Waals surface area contributed by atoms with Gasteiger partial charge in [-0.1, -0.05) is 18.6 Å². The van der Waals surface area contributed by atoms with Crippen molar-refractivity contribution < 1.29 is 9.84 Å². The molecule has 0 spiro atoms. The van der Waals surface area contributed by atoms with Crippen LogP contribution in [-0.2, 0) is 13.1 Å². The molecule has 0 radical (unpaired) electrons. The Labute approximate surface area is 168 Å². The maximum atomic E-state index is 10.2. The summed E-state index contributed by atoms with van der Waals surface area (Å²) in [5.74, 6) is 1.88. The van der Waals surface area contributed by atoms with E-state index in [9.17, 15) is 5.11 Å². The Balaban J connectivity index is 1.29. The second-order valence-electron chi connectivity index (χ2n) is 7.67. The summed E-state index contributed by atoms with van der Waals surface area (Å²) in [5, 5.41) is 13.7.